The molecule has 0 saturated heterocycles. The number of benzene rings is 1. The Morgan fingerprint density at radius 3 is 2.46 bits per heavy atom. The normalized spacial score (nSPS) is 11.5. The number of nitrogens with zero attached hydrogens (tertiary/aromatic N) is 1. The molecule has 0 bridgehead atoms. The predicted molar refractivity (Wildman–Crippen MR) is 97.1 cm³/mol. The van der Waals surface area contributed by atoms with E-state index in [0.29, 0.717) is 17.8 Å². The SMILES string of the molecule is CN(C)CCCNC(=O)c1ccc(NS(=O)(=O)c2cccs2)cc1. The first-order valence-electron chi connectivity index (χ1n) is 7.48. The van der Waals surface area contributed by atoms with Crippen LogP contribution in [0.1, 0.15) is 16.8 Å². The van der Waals surface area contributed by atoms with E-state index in [0.717, 1.165) is 24.3 Å². The minimum absolute atomic E-state index is 0.165. The van der Waals surface area contributed by atoms with E-state index in [1.54, 1.807) is 41.8 Å². The summed E-state index contributed by atoms with van der Waals surface area (Å²) in [6.07, 6.45) is 0.872. The molecule has 1 aromatic carbocycles. The molecule has 2 N–H and O–H groups in total. The summed E-state index contributed by atoms with van der Waals surface area (Å²) in [6.45, 7) is 1.51. The molecule has 1 aromatic heterocycles. The summed E-state index contributed by atoms with van der Waals surface area (Å²) in [5.41, 5.74) is 0.923. The van der Waals surface area contributed by atoms with Gasteiger partial charge in [-0.3, -0.25) is 9.52 Å². The highest BCUT2D eigenvalue weighted by Crippen LogP contribution is 2.20. The topological polar surface area (TPSA) is 78.5 Å². The summed E-state index contributed by atoms with van der Waals surface area (Å²) in [6, 6.07) is 9.60. The van der Waals surface area contributed by atoms with Crippen LogP contribution in [0.4, 0.5) is 5.69 Å². The fourth-order valence-corrected chi connectivity index (χ4v) is 4.06. The van der Waals surface area contributed by atoms with Gasteiger partial charge in [-0.25, -0.2) is 8.42 Å². The first-order valence-corrected chi connectivity index (χ1v) is 9.84. The molecule has 2 aromatic rings. The fraction of sp³-hybridized carbons (Fsp3) is 0.312. The van der Waals surface area contributed by atoms with Crippen molar-refractivity contribution in [1.29, 1.82) is 0 Å². The number of hydrogen-bond donors (Lipinski definition) is 2. The van der Waals surface area contributed by atoms with Gasteiger partial charge in [-0.05, 0) is 62.8 Å². The highest BCUT2D eigenvalue weighted by atomic mass is 32.2. The summed E-state index contributed by atoms with van der Waals surface area (Å²) < 4.78 is 27.0. The standard InChI is InChI=1S/C16H21N3O3S2/c1-19(2)11-4-10-17-16(20)13-6-8-14(9-7-13)18-24(21,22)15-5-3-12-23-15/h3,5-9,12,18H,4,10-11H2,1-2H3,(H,17,20). The zero-order valence-electron chi connectivity index (χ0n) is 13.7. The maximum Gasteiger partial charge on any atom is 0.271 e. The van der Waals surface area contributed by atoms with Crippen LogP contribution in [0.5, 0.6) is 0 Å². The van der Waals surface area contributed by atoms with Gasteiger partial charge in [0.05, 0.1) is 0 Å². The van der Waals surface area contributed by atoms with Crippen molar-refractivity contribution in [1.82, 2.24) is 10.2 Å². The average Bonchev–Trinajstić information content (AvgIpc) is 3.07. The van der Waals surface area contributed by atoms with Crippen LogP contribution < -0.4 is 10.0 Å². The van der Waals surface area contributed by atoms with Gasteiger partial charge >= 0.3 is 0 Å². The molecule has 6 nitrogen and oxygen atoms in total. The molecule has 24 heavy (non-hydrogen) atoms. The lowest BCUT2D eigenvalue weighted by Gasteiger charge is -2.10. The molecule has 0 aliphatic rings. The van der Waals surface area contributed by atoms with E-state index < -0.39 is 10.0 Å². The molecule has 0 saturated carbocycles. The smallest absolute Gasteiger partial charge is 0.271 e. The summed E-state index contributed by atoms with van der Waals surface area (Å²) in [7, 11) is 0.402. The van der Waals surface area contributed by atoms with Crippen molar-refractivity contribution in [2.45, 2.75) is 10.6 Å². The minimum Gasteiger partial charge on any atom is -0.352 e. The van der Waals surface area contributed by atoms with Gasteiger partial charge in [0.25, 0.3) is 15.9 Å². The second-order valence-electron chi connectivity index (χ2n) is 5.53. The van der Waals surface area contributed by atoms with E-state index in [9.17, 15) is 13.2 Å². The Labute approximate surface area is 146 Å². The van der Waals surface area contributed by atoms with Gasteiger partial charge in [-0.2, -0.15) is 0 Å². The molecule has 8 heteroatoms. The zero-order valence-corrected chi connectivity index (χ0v) is 15.3. The Balaban J connectivity index is 1.92. The van der Waals surface area contributed by atoms with E-state index in [1.807, 2.05) is 14.1 Å². The maximum absolute atomic E-state index is 12.1. The van der Waals surface area contributed by atoms with Gasteiger partial charge < -0.3 is 10.2 Å². The van der Waals surface area contributed by atoms with Crippen molar-refractivity contribution in [3.05, 3.63) is 47.3 Å². The van der Waals surface area contributed by atoms with Gasteiger partial charge in [0, 0.05) is 17.8 Å². The number of carbonyl (C=O) groups excluding carboxylic acids is 1. The molecule has 0 fully saturated rings. The van der Waals surface area contributed by atoms with E-state index in [-0.39, 0.29) is 10.1 Å². The van der Waals surface area contributed by atoms with Crippen molar-refractivity contribution >= 4 is 33.0 Å². The fourth-order valence-electron chi connectivity index (χ4n) is 2.01. The molecule has 1 heterocycles. The van der Waals surface area contributed by atoms with E-state index in [4.69, 9.17) is 0 Å². The first-order chi connectivity index (χ1) is 11.4. The van der Waals surface area contributed by atoms with Crippen LogP contribution in [0.3, 0.4) is 0 Å². The largest absolute Gasteiger partial charge is 0.352 e. The Kier molecular flexibility index (Phi) is 6.36. The lowest BCUT2D eigenvalue weighted by molar-refractivity contribution is 0.0952. The Bertz CT molecular complexity index is 754. The molecule has 0 aliphatic carbocycles. The van der Waals surface area contributed by atoms with Crippen molar-refractivity contribution < 1.29 is 13.2 Å². The lowest BCUT2D eigenvalue weighted by atomic mass is 10.2. The number of rotatable bonds is 8. The van der Waals surface area contributed by atoms with Gasteiger partial charge in [0.1, 0.15) is 4.21 Å². The summed E-state index contributed by atoms with van der Waals surface area (Å²) in [5.74, 6) is -0.165. The number of carbonyl (C=O) groups is 1. The molecule has 130 valence electrons. The number of thiophene rings is 1. The molecular weight excluding hydrogens is 346 g/mol. The predicted octanol–water partition coefficient (Wildman–Crippen LogP) is 2.23. The lowest BCUT2D eigenvalue weighted by Crippen LogP contribution is -2.27. The molecule has 0 aliphatic heterocycles. The maximum atomic E-state index is 12.1. The van der Waals surface area contributed by atoms with Gasteiger partial charge in [-0.1, -0.05) is 6.07 Å². The number of anilines is 1. The Hall–Kier alpha value is -1.90. The molecule has 1 amide bonds. The highest BCUT2D eigenvalue weighted by molar-refractivity contribution is 7.94. The molecule has 0 radical (unpaired) electrons. The summed E-state index contributed by atoms with van der Waals surface area (Å²) in [5, 5.41) is 4.55. The van der Waals surface area contributed by atoms with Crippen LogP contribution in [-0.4, -0.2) is 46.4 Å². The van der Waals surface area contributed by atoms with Crippen LogP contribution in [-0.2, 0) is 10.0 Å². The minimum atomic E-state index is -3.57. The monoisotopic (exact) mass is 367 g/mol. The van der Waals surface area contributed by atoms with Crippen molar-refractivity contribution in [2.75, 3.05) is 31.9 Å². The van der Waals surface area contributed by atoms with Crippen LogP contribution >= 0.6 is 11.3 Å². The van der Waals surface area contributed by atoms with E-state index in [2.05, 4.69) is 14.9 Å². The van der Waals surface area contributed by atoms with Crippen molar-refractivity contribution in [3.63, 3.8) is 0 Å². The van der Waals surface area contributed by atoms with Gasteiger partial charge in [0.15, 0.2) is 0 Å². The van der Waals surface area contributed by atoms with Crippen molar-refractivity contribution in [2.24, 2.45) is 0 Å². The third-order valence-electron chi connectivity index (χ3n) is 3.23. The zero-order chi connectivity index (χ0) is 17.6. The molecule has 2 rings (SSSR count). The number of hydrogen-bond acceptors (Lipinski definition) is 5. The van der Waals surface area contributed by atoms with Crippen LogP contribution in [0.25, 0.3) is 0 Å². The number of nitrogens with one attached hydrogen (secondary N) is 2. The highest BCUT2D eigenvalue weighted by Gasteiger charge is 2.15. The van der Waals surface area contributed by atoms with E-state index >= 15 is 0 Å². The first kappa shape index (κ1) is 18.4. The van der Waals surface area contributed by atoms with Crippen molar-refractivity contribution in [3.8, 4) is 0 Å². The second-order valence-corrected chi connectivity index (χ2v) is 8.38. The second kappa shape index (κ2) is 8.27. The van der Waals surface area contributed by atoms with Crippen LogP contribution in [0.15, 0.2) is 46.0 Å². The summed E-state index contributed by atoms with van der Waals surface area (Å²) in [4.78, 5) is 14.1. The van der Waals surface area contributed by atoms with Crippen LogP contribution in [0.2, 0.25) is 0 Å². The van der Waals surface area contributed by atoms with E-state index in [1.165, 1.54) is 0 Å². The van der Waals surface area contributed by atoms with Gasteiger partial charge in [0.2, 0.25) is 0 Å². The number of amides is 1. The summed E-state index contributed by atoms with van der Waals surface area (Å²) >= 11 is 1.15. The van der Waals surface area contributed by atoms with Crippen LogP contribution in [0, 0.1) is 0 Å². The molecule has 0 spiro atoms. The number of sulfonamides is 1. The quantitative estimate of drug-likeness (QED) is 0.702. The Morgan fingerprint density at radius 2 is 1.88 bits per heavy atom. The molecule has 0 atom stereocenters. The third kappa shape index (κ3) is 5.33. The Morgan fingerprint density at radius 1 is 1.17 bits per heavy atom. The third-order valence-corrected chi connectivity index (χ3v) is 6.01. The molecule has 0 unspecified atom stereocenters. The van der Waals surface area contributed by atoms with Gasteiger partial charge in [-0.15, -0.1) is 11.3 Å². The average molecular weight is 367 g/mol. The molecular formula is C16H21N3O3S2.